The van der Waals surface area contributed by atoms with Gasteiger partial charge in [0.1, 0.15) is 0 Å². The molecule has 0 N–H and O–H groups in total. The molecule has 2 unspecified atom stereocenters. The van der Waals surface area contributed by atoms with Crippen LogP contribution in [0.5, 0.6) is 0 Å². The zero-order valence-electron chi connectivity index (χ0n) is 8.88. The summed E-state index contributed by atoms with van der Waals surface area (Å²) in [7, 11) is 0. The molecule has 2 heteroatoms. The quantitative estimate of drug-likeness (QED) is 0.468. The summed E-state index contributed by atoms with van der Waals surface area (Å²) < 4.78 is 5.06. The van der Waals surface area contributed by atoms with Crippen molar-refractivity contribution in [2.24, 2.45) is 5.92 Å². The molecule has 0 fully saturated rings. The fourth-order valence-corrected chi connectivity index (χ4v) is 1.47. The van der Waals surface area contributed by atoms with Crippen LogP contribution in [0.15, 0.2) is 12.7 Å². The maximum atomic E-state index is 10.8. The molecule has 0 aliphatic heterocycles. The summed E-state index contributed by atoms with van der Waals surface area (Å²) in [5, 5.41) is 0. The molecule has 0 radical (unpaired) electrons. The van der Waals surface area contributed by atoms with E-state index in [2.05, 4.69) is 20.4 Å². The van der Waals surface area contributed by atoms with Crippen molar-refractivity contribution in [2.45, 2.75) is 46.1 Å². The smallest absolute Gasteiger partial charge is 0.330 e. The Morgan fingerprint density at radius 1 is 1.54 bits per heavy atom. The minimum absolute atomic E-state index is 0.00653. The summed E-state index contributed by atoms with van der Waals surface area (Å²) in [6.45, 7) is 9.62. The number of esters is 1. The third-order valence-corrected chi connectivity index (χ3v) is 2.00. The van der Waals surface area contributed by atoms with Crippen molar-refractivity contribution in [3.8, 4) is 0 Å². The zero-order valence-corrected chi connectivity index (χ0v) is 8.88. The van der Waals surface area contributed by atoms with E-state index in [0.717, 1.165) is 6.42 Å². The summed E-state index contributed by atoms with van der Waals surface area (Å²) in [4.78, 5) is 10.8. The second-order valence-electron chi connectivity index (χ2n) is 3.58. The van der Waals surface area contributed by atoms with E-state index in [1.54, 1.807) is 0 Å². The van der Waals surface area contributed by atoms with Crippen molar-refractivity contribution in [1.82, 2.24) is 0 Å². The van der Waals surface area contributed by atoms with Crippen LogP contribution in [0.4, 0.5) is 0 Å². The van der Waals surface area contributed by atoms with Gasteiger partial charge in [0, 0.05) is 6.08 Å². The van der Waals surface area contributed by atoms with E-state index in [-0.39, 0.29) is 12.1 Å². The Kier molecular flexibility index (Phi) is 6.29. The van der Waals surface area contributed by atoms with Gasteiger partial charge in [-0.3, -0.25) is 0 Å². The van der Waals surface area contributed by atoms with Crippen LogP contribution < -0.4 is 0 Å². The lowest BCUT2D eigenvalue weighted by Crippen LogP contribution is -2.16. The number of carbonyl (C=O) groups excluding carboxylic acids is 1. The van der Waals surface area contributed by atoms with E-state index < -0.39 is 0 Å². The van der Waals surface area contributed by atoms with Crippen molar-refractivity contribution < 1.29 is 9.53 Å². The average Bonchev–Trinajstić information content (AvgIpc) is 2.04. The van der Waals surface area contributed by atoms with Gasteiger partial charge >= 0.3 is 5.97 Å². The highest BCUT2D eigenvalue weighted by molar-refractivity contribution is 5.81. The molecule has 0 aromatic rings. The highest BCUT2D eigenvalue weighted by Crippen LogP contribution is 2.14. The van der Waals surface area contributed by atoms with Crippen LogP contribution in [0.25, 0.3) is 0 Å². The van der Waals surface area contributed by atoms with Crippen molar-refractivity contribution >= 4 is 5.97 Å². The summed E-state index contributed by atoms with van der Waals surface area (Å²) in [6.07, 6.45) is 4.53. The molecular formula is C11H20O2. The van der Waals surface area contributed by atoms with Crippen molar-refractivity contribution in [2.75, 3.05) is 0 Å². The van der Waals surface area contributed by atoms with Gasteiger partial charge in [0.15, 0.2) is 0 Å². The molecular weight excluding hydrogens is 164 g/mol. The predicted molar refractivity (Wildman–Crippen MR) is 54.4 cm³/mol. The first kappa shape index (κ1) is 12.2. The fourth-order valence-electron chi connectivity index (χ4n) is 1.47. The van der Waals surface area contributed by atoms with Gasteiger partial charge in [-0.15, -0.1) is 0 Å². The standard InChI is InChI=1S/C11H20O2/c1-5-7-9(3)8-10(4)13-11(12)6-2/h6,9-10H,2,5,7-8H2,1,3-4H3. The number of hydrogen-bond acceptors (Lipinski definition) is 2. The number of ether oxygens (including phenoxy) is 1. The molecule has 76 valence electrons. The minimum atomic E-state index is -0.323. The molecule has 0 spiro atoms. The molecule has 0 aromatic carbocycles. The van der Waals surface area contributed by atoms with Gasteiger partial charge in [0.25, 0.3) is 0 Å². The molecule has 2 nitrogen and oxygen atoms in total. The fraction of sp³-hybridized carbons (Fsp3) is 0.727. The average molecular weight is 184 g/mol. The lowest BCUT2D eigenvalue weighted by atomic mass is 9.99. The number of carbonyl (C=O) groups is 1. The van der Waals surface area contributed by atoms with Gasteiger partial charge in [-0.25, -0.2) is 4.79 Å². The van der Waals surface area contributed by atoms with Crippen LogP contribution in [-0.2, 0) is 9.53 Å². The van der Waals surface area contributed by atoms with Crippen molar-refractivity contribution in [3.63, 3.8) is 0 Å². The largest absolute Gasteiger partial charge is 0.460 e. The highest BCUT2D eigenvalue weighted by atomic mass is 16.5. The van der Waals surface area contributed by atoms with E-state index >= 15 is 0 Å². The van der Waals surface area contributed by atoms with E-state index in [1.165, 1.54) is 18.9 Å². The summed E-state index contributed by atoms with van der Waals surface area (Å²) in [5.74, 6) is 0.300. The maximum absolute atomic E-state index is 10.8. The maximum Gasteiger partial charge on any atom is 0.330 e. The normalized spacial score (nSPS) is 14.7. The van der Waals surface area contributed by atoms with Gasteiger partial charge in [-0.1, -0.05) is 33.3 Å². The second kappa shape index (κ2) is 6.70. The topological polar surface area (TPSA) is 26.3 Å². The monoisotopic (exact) mass is 184 g/mol. The summed E-state index contributed by atoms with van der Waals surface area (Å²) in [5.41, 5.74) is 0. The molecule has 0 aromatic heterocycles. The Balaban J connectivity index is 3.66. The van der Waals surface area contributed by atoms with Gasteiger partial charge < -0.3 is 4.74 Å². The molecule has 0 heterocycles. The minimum Gasteiger partial charge on any atom is -0.460 e. The highest BCUT2D eigenvalue weighted by Gasteiger charge is 2.10. The van der Waals surface area contributed by atoms with Gasteiger partial charge in [-0.05, 0) is 19.3 Å². The molecule has 13 heavy (non-hydrogen) atoms. The predicted octanol–water partition coefficient (Wildman–Crippen LogP) is 2.93. The lowest BCUT2D eigenvalue weighted by molar-refractivity contribution is -0.142. The molecule has 2 atom stereocenters. The Morgan fingerprint density at radius 3 is 2.62 bits per heavy atom. The Morgan fingerprint density at radius 2 is 2.15 bits per heavy atom. The number of rotatable bonds is 6. The van der Waals surface area contributed by atoms with Crippen molar-refractivity contribution in [1.29, 1.82) is 0 Å². The van der Waals surface area contributed by atoms with Gasteiger partial charge in [0.05, 0.1) is 6.10 Å². The lowest BCUT2D eigenvalue weighted by Gasteiger charge is -2.16. The van der Waals surface area contributed by atoms with Crippen LogP contribution >= 0.6 is 0 Å². The molecule has 0 aliphatic carbocycles. The molecule has 0 rings (SSSR count). The van der Waals surface area contributed by atoms with Gasteiger partial charge in [-0.2, -0.15) is 0 Å². The third-order valence-electron chi connectivity index (χ3n) is 2.00. The van der Waals surface area contributed by atoms with E-state index in [0.29, 0.717) is 5.92 Å². The number of hydrogen-bond donors (Lipinski definition) is 0. The Bertz CT molecular complexity index is 163. The van der Waals surface area contributed by atoms with Gasteiger partial charge in [0.2, 0.25) is 0 Å². The van der Waals surface area contributed by atoms with Crippen molar-refractivity contribution in [3.05, 3.63) is 12.7 Å². The SMILES string of the molecule is C=CC(=O)OC(C)CC(C)CCC. The van der Waals surface area contributed by atoms with Crippen LogP contribution in [0.2, 0.25) is 0 Å². The van der Waals surface area contributed by atoms with Crippen LogP contribution in [0, 0.1) is 5.92 Å². The van der Waals surface area contributed by atoms with Crippen LogP contribution in [0.3, 0.4) is 0 Å². The summed E-state index contributed by atoms with van der Waals surface area (Å²) in [6, 6.07) is 0. The molecule has 0 bridgehead atoms. The molecule has 0 saturated heterocycles. The van der Waals surface area contributed by atoms with Crippen LogP contribution in [-0.4, -0.2) is 12.1 Å². The first-order chi connectivity index (χ1) is 6.10. The van der Waals surface area contributed by atoms with Crippen LogP contribution in [0.1, 0.15) is 40.0 Å². The third kappa shape index (κ3) is 6.38. The molecule has 0 aliphatic rings. The van der Waals surface area contributed by atoms with E-state index in [1.807, 2.05) is 6.92 Å². The Hall–Kier alpha value is -0.790. The first-order valence-corrected chi connectivity index (χ1v) is 4.93. The Labute approximate surface area is 81.0 Å². The van der Waals surface area contributed by atoms with E-state index in [9.17, 15) is 4.79 Å². The molecule has 0 saturated carbocycles. The van der Waals surface area contributed by atoms with E-state index in [4.69, 9.17) is 4.74 Å². The second-order valence-corrected chi connectivity index (χ2v) is 3.58. The summed E-state index contributed by atoms with van der Waals surface area (Å²) >= 11 is 0. The zero-order chi connectivity index (χ0) is 10.3. The molecule has 0 amide bonds. The first-order valence-electron chi connectivity index (χ1n) is 4.93.